The van der Waals surface area contributed by atoms with E-state index in [-0.39, 0.29) is 19.0 Å². The van der Waals surface area contributed by atoms with Gasteiger partial charge in [0.2, 0.25) is 17.4 Å². The molecule has 0 radical (unpaired) electrons. The minimum Gasteiger partial charge on any atom is -0.444 e. The Labute approximate surface area is 142 Å². The van der Waals surface area contributed by atoms with Crippen molar-refractivity contribution >= 4 is 16.2 Å². The fraction of sp³-hybridized carbons (Fsp3) is 0.500. The molecule has 25 heavy (non-hydrogen) atoms. The van der Waals surface area contributed by atoms with Crippen LogP contribution >= 0.6 is 0 Å². The second-order valence-corrected chi connectivity index (χ2v) is 7.61. The van der Waals surface area contributed by atoms with E-state index in [0.717, 1.165) is 0 Å². The normalized spacial score (nSPS) is 12.0. The first-order chi connectivity index (χ1) is 11.3. The quantitative estimate of drug-likeness (QED) is 0.351. The van der Waals surface area contributed by atoms with Crippen LogP contribution in [-0.2, 0) is 14.9 Å². The molecule has 0 aliphatic carbocycles. The first-order valence-electron chi connectivity index (χ1n) is 7.04. The molecule has 1 amide bonds. The minimum absolute atomic E-state index is 0.0745. The van der Waals surface area contributed by atoms with Gasteiger partial charge in [-0.05, 0) is 27.2 Å². The van der Waals surface area contributed by atoms with Gasteiger partial charge in [0.25, 0.3) is 0 Å². The highest BCUT2D eigenvalue weighted by atomic mass is 32.2. The van der Waals surface area contributed by atoms with Gasteiger partial charge in [0.15, 0.2) is 11.6 Å². The van der Waals surface area contributed by atoms with Gasteiger partial charge in [0.1, 0.15) is 5.60 Å². The van der Waals surface area contributed by atoms with Crippen molar-refractivity contribution in [2.75, 3.05) is 12.3 Å². The Morgan fingerprint density at radius 2 is 1.64 bits per heavy atom. The molecule has 1 aromatic carbocycles. The highest BCUT2D eigenvalue weighted by Crippen LogP contribution is 2.27. The molecule has 0 saturated heterocycles. The van der Waals surface area contributed by atoms with Crippen molar-refractivity contribution < 1.29 is 39.7 Å². The maximum Gasteiger partial charge on any atom is 0.407 e. The highest BCUT2D eigenvalue weighted by molar-refractivity contribution is 7.87. The fourth-order valence-corrected chi connectivity index (χ4v) is 2.53. The number of ether oxygens (including phenoxy) is 1. The van der Waals surface area contributed by atoms with Crippen molar-refractivity contribution in [2.45, 2.75) is 32.8 Å². The summed E-state index contributed by atoms with van der Waals surface area (Å²) in [7, 11) is -4.55. The van der Waals surface area contributed by atoms with Gasteiger partial charge in [-0.25, -0.2) is 13.6 Å². The smallest absolute Gasteiger partial charge is 0.407 e. The van der Waals surface area contributed by atoms with Gasteiger partial charge in [0.05, 0.1) is 5.75 Å². The molecule has 11 heteroatoms. The molecular formula is C14H17F4NO5S. The summed E-state index contributed by atoms with van der Waals surface area (Å²) in [5.41, 5.74) is -0.740. The Kier molecular flexibility index (Phi) is 6.63. The van der Waals surface area contributed by atoms with E-state index < -0.39 is 56.6 Å². The van der Waals surface area contributed by atoms with Crippen LogP contribution in [0.5, 0.6) is 5.75 Å². The molecule has 1 rings (SSSR count). The number of carbonyl (C=O) groups excluding carboxylic acids is 1. The van der Waals surface area contributed by atoms with Crippen molar-refractivity contribution in [3.63, 3.8) is 0 Å². The molecule has 1 aromatic rings. The predicted molar refractivity (Wildman–Crippen MR) is 79.5 cm³/mol. The van der Waals surface area contributed by atoms with Gasteiger partial charge in [0, 0.05) is 12.6 Å². The van der Waals surface area contributed by atoms with E-state index in [1.807, 2.05) is 0 Å². The zero-order valence-electron chi connectivity index (χ0n) is 13.7. The van der Waals surface area contributed by atoms with Gasteiger partial charge in [-0.3, -0.25) is 0 Å². The van der Waals surface area contributed by atoms with Crippen molar-refractivity contribution in [3.05, 3.63) is 29.3 Å². The van der Waals surface area contributed by atoms with E-state index in [0.29, 0.717) is 0 Å². The van der Waals surface area contributed by atoms with Crippen LogP contribution in [0, 0.1) is 23.3 Å². The van der Waals surface area contributed by atoms with Crippen LogP contribution in [0.2, 0.25) is 0 Å². The van der Waals surface area contributed by atoms with Crippen LogP contribution in [0.3, 0.4) is 0 Å². The maximum absolute atomic E-state index is 13.4. The number of hydrogen-bond donors (Lipinski definition) is 1. The molecule has 0 unspecified atom stereocenters. The lowest BCUT2D eigenvalue weighted by Crippen LogP contribution is -2.33. The summed E-state index contributed by atoms with van der Waals surface area (Å²) in [6.45, 7) is 4.75. The molecule has 142 valence electrons. The molecule has 6 nitrogen and oxygen atoms in total. The average molecular weight is 387 g/mol. The number of alkyl carbamates (subject to hydrolysis) is 1. The molecule has 0 aromatic heterocycles. The predicted octanol–water partition coefficient (Wildman–Crippen LogP) is 2.87. The van der Waals surface area contributed by atoms with E-state index in [4.69, 9.17) is 4.74 Å². The van der Waals surface area contributed by atoms with Crippen molar-refractivity contribution in [1.29, 1.82) is 0 Å². The van der Waals surface area contributed by atoms with Crippen molar-refractivity contribution in [1.82, 2.24) is 5.32 Å². The maximum atomic E-state index is 13.4. The Hall–Kier alpha value is -2.04. The molecule has 0 fully saturated rings. The molecule has 0 atom stereocenters. The Morgan fingerprint density at radius 1 is 1.12 bits per heavy atom. The Balaban J connectivity index is 2.63. The fourth-order valence-electron chi connectivity index (χ4n) is 1.55. The number of amides is 1. The molecule has 0 spiro atoms. The summed E-state index contributed by atoms with van der Waals surface area (Å²) < 4.78 is 85.1. The van der Waals surface area contributed by atoms with E-state index in [9.17, 15) is 30.8 Å². The number of nitrogens with one attached hydrogen (secondary N) is 1. The second kappa shape index (κ2) is 7.89. The van der Waals surface area contributed by atoms with E-state index in [1.165, 1.54) is 0 Å². The monoisotopic (exact) mass is 387 g/mol. The summed E-state index contributed by atoms with van der Waals surface area (Å²) in [6, 6.07) is -0.0745. The standard InChI is InChI=1S/C14H17F4NO5S/c1-14(2,3)23-13(20)19-5-4-6-25(21,22)24-12-10(17)8(15)7-9(16)11(12)18/h7H,4-6H2,1-3H3,(H,19,20). The van der Waals surface area contributed by atoms with Gasteiger partial charge < -0.3 is 14.2 Å². The van der Waals surface area contributed by atoms with Crippen LogP contribution in [0.1, 0.15) is 27.2 Å². The summed E-state index contributed by atoms with van der Waals surface area (Å²) in [4.78, 5) is 11.3. The second-order valence-electron chi connectivity index (χ2n) is 5.92. The number of rotatable bonds is 6. The van der Waals surface area contributed by atoms with Crippen LogP contribution < -0.4 is 9.50 Å². The lowest BCUT2D eigenvalue weighted by Gasteiger charge is -2.19. The number of hydrogen-bond acceptors (Lipinski definition) is 5. The first-order valence-corrected chi connectivity index (χ1v) is 8.62. The topological polar surface area (TPSA) is 81.7 Å². The largest absolute Gasteiger partial charge is 0.444 e. The Bertz CT molecular complexity index is 720. The van der Waals surface area contributed by atoms with Gasteiger partial charge in [-0.15, -0.1) is 0 Å². The molecule has 0 aliphatic heterocycles. The first kappa shape index (κ1) is 21.0. The SMILES string of the molecule is CC(C)(C)OC(=O)NCCCS(=O)(=O)Oc1c(F)c(F)cc(F)c1F. The summed E-state index contributed by atoms with van der Waals surface area (Å²) in [5.74, 6) is -9.97. The molecule has 1 N–H and O–H groups in total. The average Bonchev–Trinajstić information content (AvgIpc) is 2.44. The number of carbonyl (C=O) groups is 1. The summed E-state index contributed by atoms with van der Waals surface area (Å²) >= 11 is 0. The molecule has 0 aliphatic rings. The number of benzene rings is 1. The molecule has 0 bridgehead atoms. The third-order valence-electron chi connectivity index (χ3n) is 2.52. The van der Waals surface area contributed by atoms with Gasteiger partial charge in [-0.1, -0.05) is 0 Å². The van der Waals surface area contributed by atoms with Crippen molar-refractivity contribution in [2.24, 2.45) is 0 Å². The molecule has 0 heterocycles. The third-order valence-corrected chi connectivity index (χ3v) is 3.73. The van der Waals surface area contributed by atoms with Crippen LogP contribution in [0.4, 0.5) is 22.4 Å². The number of halogens is 4. The van der Waals surface area contributed by atoms with Crippen molar-refractivity contribution in [3.8, 4) is 5.75 Å². The zero-order chi connectivity index (χ0) is 19.4. The Morgan fingerprint density at radius 3 is 2.12 bits per heavy atom. The summed E-state index contributed by atoms with van der Waals surface area (Å²) in [5, 5.41) is 2.27. The van der Waals surface area contributed by atoms with E-state index in [1.54, 1.807) is 20.8 Å². The third kappa shape index (κ3) is 6.77. The summed E-state index contributed by atoms with van der Waals surface area (Å²) in [6.07, 6.45) is -0.974. The molecule has 0 saturated carbocycles. The van der Waals surface area contributed by atoms with Crippen LogP contribution in [0.15, 0.2) is 6.07 Å². The van der Waals surface area contributed by atoms with Crippen LogP contribution in [-0.4, -0.2) is 32.4 Å². The molecular weight excluding hydrogens is 370 g/mol. The van der Waals surface area contributed by atoms with E-state index in [2.05, 4.69) is 9.50 Å². The lowest BCUT2D eigenvalue weighted by molar-refractivity contribution is 0.0528. The van der Waals surface area contributed by atoms with E-state index >= 15 is 0 Å². The highest BCUT2D eigenvalue weighted by Gasteiger charge is 2.25. The van der Waals surface area contributed by atoms with Gasteiger partial charge in [-0.2, -0.15) is 17.2 Å². The lowest BCUT2D eigenvalue weighted by atomic mass is 10.2. The van der Waals surface area contributed by atoms with Gasteiger partial charge >= 0.3 is 16.2 Å². The van der Waals surface area contributed by atoms with Crippen LogP contribution in [0.25, 0.3) is 0 Å². The minimum atomic E-state index is -4.55. The zero-order valence-corrected chi connectivity index (χ0v) is 14.5.